The number of hydrogen-bond donors (Lipinski definition) is 2. The Labute approximate surface area is 127 Å². The Morgan fingerprint density at radius 1 is 1.00 bits per heavy atom. The molecule has 1 amide bonds. The Hall–Kier alpha value is -2.69. The van der Waals surface area contributed by atoms with Gasteiger partial charge in [0.1, 0.15) is 11.9 Å². The summed E-state index contributed by atoms with van der Waals surface area (Å²) in [6.07, 6.45) is 0.226. The number of rotatable bonds is 6. The first-order chi connectivity index (χ1) is 10.5. The largest absolute Gasteiger partial charge is 0.480 e. The van der Waals surface area contributed by atoms with Gasteiger partial charge in [-0.15, -0.1) is 0 Å². The summed E-state index contributed by atoms with van der Waals surface area (Å²) in [6, 6.07) is 13.6. The zero-order valence-electron chi connectivity index (χ0n) is 11.8. The predicted molar refractivity (Wildman–Crippen MR) is 79.8 cm³/mol. The average Bonchev–Trinajstić information content (AvgIpc) is 2.50. The van der Waals surface area contributed by atoms with Crippen molar-refractivity contribution in [3.05, 3.63) is 71.5 Å². The SMILES string of the molecule is O=C(Cc1ccc(F)cc1)NC(Cc1ccccc1)C(=O)O. The average molecular weight is 301 g/mol. The molecule has 0 fully saturated rings. The second-order valence-corrected chi connectivity index (χ2v) is 4.95. The van der Waals surface area contributed by atoms with E-state index in [1.165, 1.54) is 24.3 Å². The standard InChI is InChI=1S/C17H16FNO3/c18-14-8-6-13(7-9-14)11-16(20)19-15(17(21)22)10-12-4-2-1-3-5-12/h1-9,15H,10-11H2,(H,19,20)(H,21,22). The van der Waals surface area contributed by atoms with Gasteiger partial charge in [-0.2, -0.15) is 0 Å². The number of carbonyl (C=O) groups is 2. The van der Waals surface area contributed by atoms with E-state index in [9.17, 15) is 19.1 Å². The molecule has 0 aliphatic heterocycles. The van der Waals surface area contributed by atoms with Gasteiger partial charge in [-0.3, -0.25) is 4.79 Å². The van der Waals surface area contributed by atoms with E-state index in [0.717, 1.165) is 5.56 Å². The number of nitrogens with one attached hydrogen (secondary N) is 1. The van der Waals surface area contributed by atoms with Crippen molar-refractivity contribution < 1.29 is 19.1 Å². The normalized spacial score (nSPS) is 11.7. The van der Waals surface area contributed by atoms with Gasteiger partial charge in [-0.05, 0) is 23.3 Å². The Kier molecular flexibility index (Phi) is 5.25. The zero-order chi connectivity index (χ0) is 15.9. The lowest BCUT2D eigenvalue weighted by molar-refractivity contribution is -0.141. The van der Waals surface area contributed by atoms with Gasteiger partial charge in [0.15, 0.2) is 0 Å². The monoisotopic (exact) mass is 301 g/mol. The summed E-state index contributed by atoms with van der Waals surface area (Å²) >= 11 is 0. The van der Waals surface area contributed by atoms with Crippen molar-refractivity contribution >= 4 is 11.9 Å². The molecule has 0 aliphatic rings. The number of carboxylic acid groups (broad SMARTS) is 1. The highest BCUT2D eigenvalue weighted by Crippen LogP contribution is 2.06. The molecular weight excluding hydrogens is 285 g/mol. The van der Waals surface area contributed by atoms with Crippen LogP contribution < -0.4 is 5.32 Å². The second-order valence-electron chi connectivity index (χ2n) is 4.95. The maximum Gasteiger partial charge on any atom is 0.326 e. The highest BCUT2D eigenvalue weighted by atomic mass is 19.1. The summed E-state index contributed by atoms with van der Waals surface area (Å²) < 4.78 is 12.8. The Morgan fingerprint density at radius 3 is 2.23 bits per heavy atom. The lowest BCUT2D eigenvalue weighted by Crippen LogP contribution is -2.43. The van der Waals surface area contributed by atoms with Crippen molar-refractivity contribution in [1.82, 2.24) is 5.32 Å². The fraction of sp³-hybridized carbons (Fsp3) is 0.176. The Balaban J connectivity index is 1.97. The van der Waals surface area contributed by atoms with Crippen LogP contribution in [-0.4, -0.2) is 23.0 Å². The molecule has 4 nitrogen and oxygen atoms in total. The molecule has 0 spiro atoms. The summed E-state index contributed by atoms with van der Waals surface area (Å²) in [5, 5.41) is 11.7. The highest BCUT2D eigenvalue weighted by Gasteiger charge is 2.20. The lowest BCUT2D eigenvalue weighted by atomic mass is 10.1. The van der Waals surface area contributed by atoms with Crippen molar-refractivity contribution in [3.8, 4) is 0 Å². The van der Waals surface area contributed by atoms with Gasteiger partial charge < -0.3 is 10.4 Å². The third-order valence-corrected chi connectivity index (χ3v) is 3.19. The molecule has 0 radical (unpaired) electrons. The molecule has 2 rings (SSSR count). The van der Waals surface area contributed by atoms with Gasteiger partial charge >= 0.3 is 5.97 Å². The molecule has 2 aromatic carbocycles. The first kappa shape index (κ1) is 15.7. The van der Waals surface area contributed by atoms with Crippen molar-refractivity contribution in [2.75, 3.05) is 0 Å². The molecule has 2 aromatic rings. The number of carbonyl (C=O) groups excluding carboxylic acids is 1. The highest BCUT2D eigenvalue weighted by molar-refractivity contribution is 5.85. The number of halogens is 1. The topological polar surface area (TPSA) is 66.4 Å². The van der Waals surface area contributed by atoms with E-state index in [0.29, 0.717) is 5.56 Å². The third kappa shape index (κ3) is 4.70. The molecule has 1 atom stereocenters. The number of aliphatic carboxylic acids is 1. The van der Waals surface area contributed by atoms with Crippen molar-refractivity contribution in [2.45, 2.75) is 18.9 Å². The van der Waals surface area contributed by atoms with Crippen LogP contribution in [0.5, 0.6) is 0 Å². The number of carboxylic acids is 1. The molecule has 0 saturated carbocycles. The first-order valence-corrected chi connectivity index (χ1v) is 6.85. The molecule has 0 aliphatic carbocycles. The fourth-order valence-electron chi connectivity index (χ4n) is 2.08. The van der Waals surface area contributed by atoms with Gasteiger partial charge in [0.2, 0.25) is 5.91 Å². The number of amides is 1. The third-order valence-electron chi connectivity index (χ3n) is 3.19. The predicted octanol–water partition coefficient (Wildman–Crippen LogP) is 2.18. The number of benzene rings is 2. The van der Waals surface area contributed by atoms with Crippen LogP contribution >= 0.6 is 0 Å². The van der Waals surface area contributed by atoms with E-state index in [1.807, 2.05) is 30.3 Å². The van der Waals surface area contributed by atoms with E-state index in [-0.39, 0.29) is 18.7 Å². The molecule has 2 N–H and O–H groups in total. The van der Waals surface area contributed by atoms with Crippen LogP contribution in [0.25, 0.3) is 0 Å². The molecule has 0 aromatic heterocycles. The van der Waals surface area contributed by atoms with Crippen LogP contribution in [0.4, 0.5) is 4.39 Å². The van der Waals surface area contributed by atoms with Gasteiger partial charge in [0.05, 0.1) is 6.42 Å². The van der Waals surface area contributed by atoms with Crippen LogP contribution in [0.3, 0.4) is 0 Å². The summed E-state index contributed by atoms with van der Waals surface area (Å²) in [4.78, 5) is 23.2. The molecule has 0 heterocycles. The van der Waals surface area contributed by atoms with Gasteiger partial charge in [0.25, 0.3) is 0 Å². The molecule has 0 saturated heterocycles. The minimum Gasteiger partial charge on any atom is -0.480 e. The van der Waals surface area contributed by atoms with Gasteiger partial charge in [0, 0.05) is 6.42 Å². The minimum absolute atomic E-state index is 0.0127. The summed E-state index contributed by atoms with van der Waals surface area (Å²) in [5.41, 5.74) is 1.46. The molecule has 5 heteroatoms. The molecule has 22 heavy (non-hydrogen) atoms. The van der Waals surface area contributed by atoms with Crippen LogP contribution in [0, 0.1) is 5.82 Å². The van der Waals surface area contributed by atoms with E-state index >= 15 is 0 Å². The van der Waals surface area contributed by atoms with Gasteiger partial charge in [-0.25, -0.2) is 9.18 Å². The van der Waals surface area contributed by atoms with Gasteiger partial charge in [-0.1, -0.05) is 42.5 Å². The summed E-state index contributed by atoms with van der Waals surface area (Å²) in [6.45, 7) is 0. The minimum atomic E-state index is -1.09. The van der Waals surface area contributed by atoms with E-state index < -0.39 is 17.9 Å². The van der Waals surface area contributed by atoms with Crippen LogP contribution in [0.15, 0.2) is 54.6 Å². The maximum absolute atomic E-state index is 12.8. The zero-order valence-corrected chi connectivity index (χ0v) is 11.8. The first-order valence-electron chi connectivity index (χ1n) is 6.85. The van der Waals surface area contributed by atoms with Crippen LogP contribution in [0.2, 0.25) is 0 Å². The lowest BCUT2D eigenvalue weighted by Gasteiger charge is -2.14. The maximum atomic E-state index is 12.8. The van der Waals surface area contributed by atoms with E-state index in [1.54, 1.807) is 0 Å². The second kappa shape index (κ2) is 7.36. The molecule has 114 valence electrons. The molecular formula is C17H16FNO3. The summed E-state index contributed by atoms with van der Waals surface area (Å²) in [7, 11) is 0. The molecule has 1 unspecified atom stereocenters. The van der Waals surface area contributed by atoms with E-state index in [4.69, 9.17) is 0 Å². The van der Waals surface area contributed by atoms with Crippen molar-refractivity contribution in [3.63, 3.8) is 0 Å². The van der Waals surface area contributed by atoms with Crippen molar-refractivity contribution in [1.29, 1.82) is 0 Å². The van der Waals surface area contributed by atoms with Crippen LogP contribution in [-0.2, 0) is 22.4 Å². The van der Waals surface area contributed by atoms with E-state index in [2.05, 4.69) is 5.32 Å². The number of hydrogen-bond acceptors (Lipinski definition) is 2. The quantitative estimate of drug-likeness (QED) is 0.859. The van der Waals surface area contributed by atoms with Crippen LogP contribution in [0.1, 0.15) is 11.1 Å². The molecule has 0 bridgehead atoms. The fourth-order valence-corrected chi connectivity index (χ4v) is 2.08. The smallest absolute Gasteiger partial charge is 0.326 e. The Bertz CT molecular complexity index is 641. The Morgan fingerprint density at radius 2 is 1.64 bits per heavy atom. The van der Waals surface area contributed by atoms with Crippen molar-refractivity contribution in [2.24, 2.45) is 0 Å². The summed E-state index contributed by atoms with van der Waals surface area (Å²) in [5.74, 6) is -1.87.